The summed E-state index contributed by atoms with van der Waals surface area (Å²) in [5.41, 5.74) is 4.22. The summed E-state index contributed by atoms with van der Waals surface area (Å²) in [5.74, 6) is 1.57. The van der Waals surface area contributed by atoms with E-state index >= 15 is 0 Å². The third-order valence-electron chi connectivity index (χ3n) is 7.37. The van der Waals surface area contributed by atoms with Gasteiger partial charge in [-0.1, -0.05) is 0 Å². The lowest BCUT2D eigenvalue weighted by molar-refractivity contribution is 0.100. The molecule has 3 aromatic rings. The van der Waals surface area contributed by atoms with Crippen molar-refractivity contribution in [2.24, 2.45) is 0 Å². The van der Waals surface area contributed by atoms with Crippen LogP contribution < -0.4 is 10.1 Å². The van der Waals surface area contributed by atoms with E-state index in [4.69, 9.17) is 14.6 Å². The number of methoxy groups -OCH3 is 1. The summed E-state index contributed by atoms with van der Waals surface area (Å²) >= 11 is 0. The van der Waals surface area contributed by atoms with Gasteiger partial charge in [-0.3, -0.25) is 0 Å². The van der Waals surface area contributed by atoms with E-state index in [2.05, 4.69) is 33.3 Å². The first-order valence-corrected chi connectivity index (χ1v) is 13.1. The Bertz CT molecular complexity index is 1160. The van der Waals surface area contributed by atoms with Crippen molar-refractivity contribution in [1.29, 1.82) is 0 Å². The van der Waals surface area contributed by atoms with Crippen LogP contribution in [0, 0.1) is 0 Å². The Morgan fingerprint density at radius 3 is 2.78 bits per heavy atom. The summed E-state index contributed by atoms with van der Waals surface area (Å²) in [6.07, 6.45) is 9.38. The largest absolute Gasteiger partial charge is 0.473 e. The Morgan fingerprint density at radius 1 is 1.17 bits per heavy atom. The van der Waals surface area contributed by atoms with Gasteiger partial charge < -0.3 is 24.8 Å². The first kappa shape index (κ1) is 24.9. The van der Waals surface area contributed by atoms with Crippen molar-refractivity contribution in [2.45, 2.75) is 69.6 Å². The third kappa shape index (κ3) is 5.63. The Morgan fingerprint density at radius 2 is 2.00 bits per heavy atom. The number of likely N-dealkylation sites (N-methyl/N-ethyl adjacent to an activating group) is 1. The number of rotatable bonds is 8. The number of hydrogen-bond acceptors (Lipinski definition) is 8. The van der Waals surface area contributed by atoms with Gasteiger partial charge in [-0.15, -0.1) is 5.10 Å². The number of aliphatic hydroxyl groups excluding tert-OH is 1. The number of nitrogens with zero attached hydrogens (tertiary/aromatic N) is 5. The molecular formula is C27H38N6O3. The van der Waals surface area contributed by atoms with Gasteiger partial charge in [-0.25, -0.2) is 14.5 Å². The lowest BCUT2D eigenvalue weighted by Crippen LogP contribution is -2.38. The van der Waals surface area contributed by atoms with Gasteiger partial charge in [0.05, 0.1) is 24.4 Å². The minimum atomic E-state index is -0.201. The molecule has 1 saturated heterocycles. The first-order valence-electron chi connectivity index (χ1n) is 13.1. The van der Waals surface area contributed by atoms with Crippen LogP contribution in [0.25, 0.3) is 16.6 Å². The average molecular weight is 495 g/mol. The quantitative estimate of drug-likeness (QED) is 0.489. The fourth-order valence-corrected chi connectivity index (χ4v) is 5.51. The second-order valence-electron chi connectivity index (χ2n) is 10.4. The number of ether oxygens (including phenoxy) is 2. The van der Waals surface area contributed by atoms with Crippen molar-refractivity contribution in [3.63, 3.8) is 0 Å². The zero-order valence-corrected chi connectivity index (χ0v) is 21.6. The molecule has 2 atom stereocenters. The second kappa shape index (κ2) is 11.1. The van der Waals surface area contributed by atoms with E-state index in [0.717, 1.165) is 74.0 Å². The molecular weight excluding hydrogens is 456 g/mol. The number of aliphatic hydroxyl groups is 1. The summed E-state index contributed by atoms with van der Waals surface area (Å²) in [5, 5.41) is 18.3. The number of likely N-dealkylation sites (tertiary alicyclic amines) is 1. The van der Waals surface area contributed by atoms with E-state index < -0.39 is 0 Å². The molecule has 3 aromatic heterocycles. The lowest BCUT2D eigenvalue weighted by Gasteiger charge is -2.29. The van der Waals surface area contributed by atoms with E-state index in [9.17, 15) is 5.11 Å². The molecule has 0 unspecified atom stereocenters. The average Bonchev–Trinajstić information content (AvgIpc) is 3.24. The highest BCUT2D eigenvalue weighted by Gasteiger charge is 2.26. The minimum Gasteiger partial charge on any atom is -0.473 e. The van der Waals surface area contributed by atoms with E-state index in [0.29, 0.717) is 24.4 Å². The molecule has 194 valence electrons. The third-order valence-corrected chi connectivity index (χ3v) is 7.37. The molecule has 0 spiro atoms. The summed E-state index contributed by atoms with van der Waals surface area (Å²) in [6.45, 7) is 4.66. The predicted octanol–water partition coefficient (Wildman–Crippen LogP) is 3.73. The lowest BCUT2D eigenvalue weighted by atomic mass is 9.85. The van der Waals surface area contributed by atoms with E-state index in [1.807, 2.05) is 36.0 Å². The van der Waals surface area contributed by atoms with Crippen LogP contribution >= 0.6 is 0 Å². The van der Waals surface area contributed by atoms with Crippen LogP contribution in [-0.2, 0) is 4.74 Å². The van der Waals surface area contributed by atoms with E-state index in [1.54, 1.807) is 7.11 Å². The number of pyridine rings is 1. The molecule has 9 heteroatoms. The standard InChI is InChI=1S/C27H38N6O3/c1-18(17-35-3)30-27-29-15-25-23(14-24(33(25)31-27)19-6-8-21(34)9-7-19)20-10-11-28-26(13-20)36-22-5-4-12-32(2)16-22/h10-11,13-15,18-19,21-22,34H,4-9,12,16-17H2,1-3H3,(H,30,31)/t18-,19?,21?,22+/m0/s1. The molecule has 5 rings (SSSR count). The number of aromatic nitrogens is 4. The maximum absolute atomic E-state index is 10.1. The monoisotopic (exact) mass is 494 g/mol. The van der Waals surface area contributed by atoms with E-state index in [-0.39, 0.29) is 18.2 Å². The van der Waals surface area contributed by atoms with Crippen molar-refractivity contribution in [1.82, 2.24) is 24.5 Å². The Hall–Kier alpha value is -2.75. The molecule has 2 fully saturated rings. The highest BCUT2D eigenvalue weighted by atomic mass is 16.5. The Balaban J connectivity index is 1.48. The Labute approximate surface area is 212 Å². The highest BCUT2D eigenvalue weighted by Crippen LogP contribution is 2.38. The zero-order chi connectivity index (χ0) is 25.1. The molecule has 0 aromatic carbocycles. The molecule has 1 aliphatic heterocycles. The smallest absolute Gasteiger partial charge is 0.241 e. The maximum atomic E-state index is 10.1. The van der Waals surface area contributed by atoms with E-state index in [1.165, 1.54) is 0 Å². The van der Waals surface area contributed by atoms with Crippen LogP contribution in [0.1, 0.15) is 57.1 Å². The molecule has 9 nitrogen and oxygen atoms in total. The van der Waals surface area contributed by atoms with Crippen LogP contribution in [0.2, 0.25) is 0 Å². The molecule has 1 saturated carbocycles. The molecule has 1 aliphatic carbocycles. The van der Waals surface area contributed by atoms with Gasteiger partial charge in [-0.2, -0.15) is 0 Å². The SMILES string of the molecule is COC[C@H](C)Nc1ncc2c(-c3ccnc(O[C@@H]4CCCN(C)C4)c3)cc(C3CCC(O)CC3)n2n1. The van der Waals surface area contributed by atoms with Crippen LogP contribution in [0.3, 0.4) is 0 Å². The predicted molar refractivity (Wildman–Crippen MR) is 140 cm³/mol. The van der Waals surface area contributed by atoms with Crippen molar-refractivity contribution in [3.8, 4) is 17.0 Å². The van der Waals surface area contributed by atoms with Crippen molar-refractivity contribution < 1.29 is 14.6 Å². The summed E-state index contributed by atoms with van der Waals surface area (Å²) < 4.78 is 13.6. The number of fused-ring (bicyclic) bond motifs is 1. The molecule has 0 radical (unpaired) electrons. The van der Waals surface area contributed by atoms with Crippen LogP contribution in [-0.4, -0.2) is 81.7 Å². The normalized spacial score (nSPS) is 24.1. The van der Waals surface area contributed by atoms with Crippen molar-refractivity contribution in [2.75, 3.05) is 39.2 Å². The summed E-state index contributed by atoms with van der Waals surface area (Å²) in [6, 6.07) is 6.39. The number of nitrogens with one attached hydrogen (secondary N) is 1. The molecule has 2 N–H and O–H groups in total. The number of hydrogen-bond donors (Lipinski definition) is 2. The van der Waals surface area contributed by atoms with Crippen LogP contribution in [0.4, 0.5) is 5.95 Å². The molecule has 0 amide bonds. The fraction of sp³-hybridized carbons (Fsp3) is 0.593. The van der Waals surface area contributed by atoms with Gasteiger partial charge in [0.25, 0.3) is 0 Å². The van der Waals surface area contributed by atoms with Gasteiger partial charge in [-0.05, 0) is 76.7 Å². The Kier molecular flexibility index (Phi) is 7.69. The second-order valence-corrected chi connectivity index (χ2v) is 10.4. The zero-order valence-electron chi connectivity index (χ0n) is 21.6. The molecule has 2 aliphatic rings. The molecule has 4 heterocycles. The van der Waals surface area contributed by atoms with Gasteiger partial charge in [0, 0.05) is 49.1 Å². The van der Waals surface area contributed by atoms with Crippen LogP contribution in [0.15, 0.2) is 30.6 Å². The van der Waals surface area contributed by atoms with Gasteiger partial charge in [0.1, 0.15) is 6.10 Å². The van der Waals surface area contributed by atoms with Gasteiger partial charge >= 0.3 is 0 Å². The van der Waals surface area contributed by atoms with Crippen molar-refractivity contribution in [3.05, 3.63) is 36.3 Å². The van der Waals surface area contributed by atoms with Gasteiger partial charge in [0.2, 0.25) is 11.8 Å². The number of piperidine rings is 1. The van der Waals surface area contributed by atoms with Crippen molar-refractivity contribution >= 4 is 11.5 Å². The fourth-order valence-electron chi connectivity index (χ4n) is 5.51. The van der Waals surface area contributed by atoms with Gasteiger partial charge in [0.15, 0.2) is 0 Å². The van der Waals surface area contributed by atoms with Crippen LogP contribution in [0.5, 0.6) is 5.88 Å². The highest BCUT2D eigenvalue weighted by molar-refractivity contribution is 5.81. The maximum Gasteiger partial charge on any atom is 0.241 e. The molecule has 0 bridgehead atoms. The topological polar surface area (TPSA) is 97.0 Å². The first-order chi connectivity index (χ1) is 17.5. The minimum absolute atomic E-state index is 0.0921. The summed E-state index contributed by atoms with van der Waals surface area (Å²) in [7, 11) is 3.83. The summed E-state index contributed by atoms with van der Waals surface area (Å²) in [4.78, 5) is 11.4. The number of anilines is 1. The molecule has 36 heavy (non-hydrogen) atoms.